The van der Waals surface area contributed by atoms with Gasteiger partial charge in [0.1, 0.15) is 6.04 Å². The molecule has 0 saturated carbocycles. The monoisotopic (exact) mass is 343 g/mol. The molecule has 0 spiro atoms. The summed E-state index contributed by atoms with van der Waals surface area (Å²) in [5, 5.41) is 1.43. The summed E-state index contributed by atoms with van der Waals surface area (Å²) in [5.41, 5.74) is 0. The van der Waals surface area contributed by atoms with Crippen LogP contribution in [-0.2, 0) is 14.3 Å². The topological polar surface area (TPSA) is 64.6 Å². The van der Waals surface area contributed by atoms with E-state index >= 15 is 0 Å². The maximum atomic E-state index is 13.2. The summed E-state index contributed by atoms with van der Waals surface area (Å²) in [5.74, 6) is -13.7. The first-order valence-electron chi connectivity index (χ1n) is 5.63. The number of alkyl carbamates (subject to hydrolysis) is 1. The van der Waals surface area contributed by atoms with Crippen LogP contribution in [0.4, 0.5) is 35.5 Å². The van der Waals surface area contributed by atoms with Crippen LogP contribution in [0, 0.1) is 0 Å². The lowest BCUT2D eigenvalue weighted by atomic mass is 10.0. The number of nitrogens with one attached hydrogen (secondary N) is 1. The van der Waals surface area contributed by atoms with Gasteiger partial charge in [-0.1, -0.05) is 0 Å². The van der Waals surface area contributed by atoms with E-state index in [0.717, 1.165) is 0 Å². The molecular weight excluding hydrogens is 331 g/mol. The molecule has 1 unspecified atom stereocenters. The molecule has 5 nitrogen and oxygen atoms in total. The van der Waals surface area contributed by atoms with Crippen molar-refractivity contribution < 1.29 is 49.8 Å². The number of alkyl halides is 7. The van der Waals surface area contributed by atoms with Crippen LogP contribution in [0.15, 0.2) is 0 Å². The molecule has 12 heteroatoms. The summed E-state index contributed by atoms with van der Waals surface area (Å²) in [6.07, 6.45) is -10.3. The van der Waals surface area contributed by atoms with Crippen molar-refractivity contribution in [2.75, 3.05) is 13.7 Å². The van der Waals surface area contributed by atoms with E-state index in [1.54, 1.807) is 0 Å². The molecule has 0 bridgehead atoms. The fourth-order valence-electron chi connectivity index (χ4n) is 1.24. The van der Waals surface area contributed by atoms with Gasteiger partial charge < -0.3 is 14.8 Å². The van der Waals surface area contributed by atoms with Gasteiger partial charge in [0, 0.05) is 6.42 Å². The maximum absolute atomic E-state index is 13.2. The first kappa shape index (κ1) is 20.2. The van der Waals surface area contributed by atoms with Gasteiger partial charge in [-0.2, -0.15) is 30.7 Å². The van der Waals surface area contributed by atoms with E-state index < -0.39 is 42.5 Å². The zero-order chi connectivity index (χ0) is 17.8. The van der Waals surface area contributed by atoms with E-state index in [4.69, 9.17) is 0 Å². The normalized spacial score (nSPS) is 14.2. The molecule has 0 aromatic rings. The predicted molar refractivity (Wildman–Crippen MR) is 56.5 cm³/mol. The second-order valence-corrected chi connectivity index (χ2v) is 3.92. The molecule has 0 aliphatic rings. The van der Waals surface area contributed by atoms with E-state index in [1.165, 1.54) is 12.2 Å². The van der Waals surface area contributed by atoms with Gasteiger partial charge >= 0.3 is 30.1 Å². The van der Waals surface area contributed by atoms with Crippen LogP contribution < -0.4 is 5.32 Å². The molecule has 130 valence electrons. The van der Waals surface area contributed by atoms with Crippen molar-refractivity contribution in [3.63, 3.8) is 0 Å². The Morgan fingerprint density at radius 1 is 1.09 bits per heavy atom. The number of rotatable bonds is 6. The van der Waals surface area contributed by atoms with Gasteiger partial charge in [0.05, 0.1) is 13.7 Å². The van der Waals surface area contributed by atoms with Gasteiger partial charge in [-0.05, 0) is 6.92 Å². The third-order valence-corrected chi connectivity index (χ3v) is 2.33. The van der Waals surface area contributed by atoms with Crippen LogP contribution >= 0.6 is 0 Å². The Morgan fingerprint density at radius 2 is 1.59 bits per heavy atom. The Kier molecular flexibility index (Phi) is 6.45. The summed E-state index contributed by atoms with van der Waals surface area (Å²) in [6.45, 7) is 1.05. The van der Waals surface area contributed by atoms with Crippen molar-refractivity contribution in [3.05, 3.63) is 0 Å². The molecule has 1 atom stereocenters. The van der Waals surface area contributed by atoms with Crippen molar-refractivity contribution in [1.29, 1.82) is 0 Å². The lowest BCUT2D eigenvalue weighted by molar-refractivity contribution is -0.356. The second kappa shape index (κ2) is 7.01. The van der Waals surface area contributed by atoms with Crippen LogP contribution in [0.1, 0.15) is 13.3 Å². The highest BCUT2D eigenvalue weighted by molar-refractivity contribution is 5.81. The lowest BCUT2D eigenvalue weighted by Crippen LogP contribution is -2.56. The molecule has 0 heterocycles. The summed E-state index contributed by atoms with van der Waals surface area (Å²) >= 11 is 0. The van der Waals surface area contributed by atoms with E-state index in [2.05, 4.69) is 9.47 Å². The van der Waals surface area contributed by atoms with Crippen molar-refractivity contribution in [2.24, 2.45) is 0 Å². The summed E-state index contributed by atoms with van der Waals surface area (Å²) in [6, 6.07) is -2.45. The minimum atomic E-state index is -6.54. The highest BCUT2D eigenvalue weighted by Gasteiger charge is 2.73. The summed E-state index contributed by atoms with van der Waals surface area (Å²) in [7, 11) is 0.669. The van der Waals surface area contributed by atoms with E-state index in [-0.39, 0.29) is 6.61 Å². The second-order valence-electron chi connectivity index (χ2n) is 3.92. The van der Waals surface area contributed by atoms with Crippen LogP contribution in [-0.4, -0.2) is 49.8 Å². The number of hydrogen-bond donors (Lipinski definition) is 1. The molecule has 0 saturated heterocycles. The average Bonchev–Trinajstić information content (AvgIpc) is 2.35. The molecule has 0 radical (unpaired) electrons. The molecule has 0 rings (SSSR count). The van der Waals surface area contributed by atoms with Gasteiger partial charge in [0.15, 0.2) is 0 Å². The number of hydrogen-bond acceptors (Lipinski definition) is 4. The fraction of sp³-hybridized carbons (Fsp3) is 0.800. The van der Waals surface area contributed by atoms with Crippen molar-refractivity contribution in [3.8, 4) is 0 Å². The Hall–Kier alpha value is -1.75. The molecule has 0 fully saturated rings. The molecule has 0 aliphatic carbocycles. The number of halogens is 7. The molecule has 1 N–H and O–H groups in total. The number of methoxy groups -OCH3 is 1. The zero-order valence-electron chi connectivity index (χ0n) is 11.3. The number of carbonyl (C=O) groups excluding carboxylic acids is 2. The number of carbonyl (C=O) groups is 2. The largest absolute Gasteiger partial charge is 0.467 e. The minimum Gasteiger partial charge on any atom is -0.467 e. The molecule has 22 heavy (non-hydrogen) atoms. The lowest BCUT2D eigenvalue weighted by Gasteiger charge is -2.30. The number of esters is 1. The smallest absolute Gasteiger partial charge is 0.459 e. The molecular formula is C10H12F7NO4. The Balaban J connectivity index is 5.29. The standard InChI is InChI=1S/C10H12F7NO4/c1-3-22-7(20)18-5(6(19)21-2)4-8(11,12)9(13,14)10(15,16)17/h5H,3-4H2,1-2H3,(H,18,20). The predicted octanol–water partition coefficient (Wildman–Crippen LogP) is 2.50. The first-order chi connectivity index (χ1) is 9.80. The quantitative estimate of drug-likeness (QED) is 0.595. The van der Waals surface area contributed by atoms with Gasteiger partial charge in [0.25, 0.3) is 0 Å². The van der Waals surface area contributed by atoms with Gasteiger partial charge in [0.2, 0.25) is 0 Å². The summed E-state index contributed by atoms with van der Waals surface area (Å²) < 4.78 is 96.1. The molecule has 0 aromatic heterocycles. The maximum Gasteiger partial charge on any atom is 0.459 e. The van der Waals surface area contributed by atoms with E-state index in [1.807, 2.05) is 0 Å². The van der Waals surface area contributed by atoms with Gasteiger partial charge in [-0.3, -0.25) is 0 Å². The van der Waals surface area contributed by atoms with Crippen LogP contribution in [0.3, 0.4) is 0 Å². The molecule has 0 aliphatic heterocycles. The average molecular weight is 343 g/mol. The van der Waals surface area contributed by atoms with Crippen LogP contribution in [0.5, 0.6) is 0 Å². The van der Waals surface area contributed by atoms with E-state index in [0.29, 0.717) is 7.11 Å². The first-order valence-corrected chi connectivity index (χ1v) is 5.63. The van der Waals surface area contributed by atoms with Gasteiger partial charge in [-0.15, -0.1) is 0 Å². The third kappa shape index (κ3) is 4.63. The Bertz CT molecular complexity index is 411. The Morgan fingerprint density at radius 3 is 1.95 bits per heavy atom. The highest BCUT2D eigenvalue weighted by atomic mass is 19.4. The SMILES string of the molecule is CCOC(=O)NC(CC(F)(F)C(F)(F)C(F)(F)F)C(=O)OC. The fourth-order valence-corrected chi connectivity index (χ4v) is 1.24. The highest BCUT2D eigenvalue weighted by Crippen LogP contribution is 2.48. The van der Waals surface area contributed by atoms with Crippen molar-refractivity contribution >= 4 is 12.1 Å². The summed E-state index contributed by atoms with van der Waals surface area (Å²) in [4.78, 5) is 22.2. The van der Waals surface area contributed by atoms with E-state index in [9.17, 15) is 40.3 Å². The molecule has 1 amide bonds. The van der Waals surface area contributed by atoms with Gasteiger partial charge in [-0.25, -0.2) is 9.59 Å². The molecule has 0 aromatic carbocycles. The van der Waals surface area contributed by atoms with Crippen molar-refractivity contribution in [2.45, 2.75) is 37.4 Å². The Labute approximate surface area is 119 Å². The third-order valence-electron chi connectivity index (χ3n) is 2.33. The van der Waals surface area contributed by atoms with Crippen LogP contribution in [0.25, 0.3) is 0 Å². The van der Waals surface area contributed by atoms with Crippen LogP contribution in [0.2, 0.25) is 0 Å². The van der Waals surface area contributed by atoms with Crippen molar-refractivity contribution in [1.82, 2.24) is 5.32 Å². The zero-order valence-corrected chi connectivity index (χ0v) is 11.3. The number of ether oxygens (including phenoxy) is 2. The minimum absolute atomic E-state index is 0.255. The number of amides is 1.